The van der Waals surface area contributed by atoms with Gasteiger partial charge in [0.2, 0.25) is 0 Å². The molecule has 18 heavy (non-hydrogen) atoms. The van der Waals surface area contributed by atoms with Crippen LogP contribution in [-0.2, 0) is 0 Å². The zero-order valence-electron chi connectivity index (χ0n) is 9.59. The molecular formula is C14H12N2O2. The molecule has 0 bridgehead atoms. The summed E-state index contributed by atoms with van der Waals surface area (Å²) in [6, 6.07) is 10.0. The first-order valence-electron chi connectivity index (χ1n) is 5.35. The van der Waals surface area contributed by atoms with Gasteiger partial charge in [-0.05, 0) is 12.1 Å². The highest BCUT2D eigenvalue weighted by molar-refractivity contribution is 5.90. The number of hydrogen-bond donors (Lipinski definition) is 2. The van der Waals surface area contributed by atoms with Crippen molar-refractivity contribution in [3.8, 4) is 11.1 Å². The molecule has 4 nitrogen and oxygen atoms in total. The fourth-order valence-electron chi connectivity index (χ4n) is 1.80. The lowest BCUT2D eigenvalue weighted by Crippen LogP contribution is -1.97. The van der Waals surface area contributed by atoms with Crippen LogP contribution in [0.3, 0.4) is 0 Å². The average Bonchev–Trinajstić information content (AvgIpc) is 2.39. The van der Waals surface area contributed by atoms with Crippen LogP contribution >= 0.6 is 0 Å². The maximum Gasteiger partial charge on any atom is 0.150 e. The highest BCUT2D eigenvalue weighted by Gasteiger charge is 2.07. The van der Waals surface area contributed by atoms with Gasteiger partial charge in [-0.25, -0.2) is 0 Å². The number of benzene rings is 2. The summed E-state index contributed by atoms with van der Waals surface area (Å²) in [6.07, 6.45) is 1.47. The van der Waals surface area contributed by atoms with Gasteiger partial charge < -0.3 is 11.5 Å². The summed E-state index contributed by atoms with van der Waals surface area (Å²) >= 11 is 0. The third kappa shape index (κ3) is 2.08. The number of aldehydes is 2. The van der Waals surface area contributed by atoms with Gasteiger partial charge in [0.05, 0.1) is 0 Å². The molecule has 0 saturated heterocycles. The van der Waals surface area contributed by atoms with E-state index in [0.29, 0.717) is 22.5 Å². The number of carbonyl (C=O) groups excluding carboxylic acids is 2. The van der Waals surface area contributed by atoms with Crippen LogP contribution in [0.4, 0.5) is 11.4 Å². The lowest BCUT2D eigenvalue weighted by atomic mass is 9.99. The summed E-state index contributed by atoms with van der Waals surface area (Å²) in [7, 11) is 0. The summed E-state index contributed by atoms with van der Waals surface area (Å²) in [6.45, 7) is 0. The number of rotatable bonds is 3. The van der Waals surface area contributed by atoms with Crippen LogP contribution in [0.25, 0.3) is 11.1 Å². The largest absolute Gasteiger partial charge is 0.398 e. The van der Waals surface area contributed by atoms with E-state index in [9.17, 15) is 9.59 Å². The Hall–Kier alpha value is -2.62. The molecule has 0 atom stereocenters. The maximum atomic E-state index is 10.6. The van der Waals surface area contributed by atoms with Crippen molar-refractivity contribution in [1.29, 1.82) is 0 Å². The minimum absolute atomic E-state index is 0.477. The fourth-order valence-corrected chi connectivity index (χ4v) is 1.80. The quantitative estimate of drug-likeness (QED) is 0.635. The van der Waals surface area contributed by atoms with Crippen LogP contribution in [0.2, 0.25) is 0 Å². The van der Waals surface area contributed by atoms with E-state index in [-0.39, 0.29) is 0 Å². The van der Waals surface area contributed by atoms with E-state index >= 15 is 0 Å². The molecule has 0 aliphatic heterocycles. The summed E-state index contributed by atoms with van der Waals surface area (Å²) in [5.74, 6) is 0. The lowest BCUT2D eigenvalue weighted by molar-refractivity contribution is 0.111. The number of nitrogen functional groups attached to an aromatic ring is 2. The van der Waals surface area contributed by atoms with Gasteiger partial charge in [-0.15, -0.1) is 0 Å². The van der Waals surface area contributed by atoms with E-state index in [4.69, 9.17) is 11.5 Å². The van der Waals surface area contributed by atoms with Gasteiger partial charge in [0.1, 0.15) is 12.6 Å². The van der Waals surface area contributed by atoms with Crippen molar-refractivity contribution < 1.29 is 9.59 Å². The fraction of sp³-hybridized carbons (Fsp3) is 0. The van der Waals surface area contributed by atoms with Crippen molar-refractivity contribution in [2.45, 2.75) is 0 Å². The standard InChI is InChI=1S/C14H12N2O2/c15-13-5-9(7-17)1-3-11(13)12-4-2-10(8-18)6-14(12)16/h1-8H,15-16H2. The molecule has 0 heterocycles. The Labute approximate surface area is 104 Å². The summed E-state index contributed by atoms with van der Waals surface area (Å²) < 4.78 is 0. The molecule has 0 amide bonds. The predicted octanol–water partition coefficient (Wildman–Crippen LogP) is 2.14. The molecule has 2 aromatic carbocycles. The second kappa shape index (κ2) is 4.71. The molecule has 0 unspecified atom stereocenters. The smallest absolute Gasteiger partial charge is 0.150 e. The minimum Gasteiger partial charge on any atom is -0.398 e. The zero-order chi connectivity index (χ0) is 13.1. The van der Waals surface area contributed by atoms with Crippen molar-refractivity contribution in [3.05, 3.63) is 47.5 Å². The second-order valence-electron chi connectivity index (χ2n) is 3.93. The molecular weight excluding hydrogens is 228 g/mol. The third-order valence-corrected chi connectivity index (χ3v) is 2.71. The Kier molecular flexibility index (Phi) is 3.10. The van der Waals surface area contributed by atoms with Gasteiger partial charge in [0, 0.05) is 33.6 Å². The van der Waals surface area contributed by atoms with Crippen molar-refractivity contribution in [3.63, 3.8) is 0 Å². The second-order valence-corrected chi connectivity index (χ2v) is 3.93. The molecule has 4 N–H and O–H groups in total. The highest BCUT2D eigenvalue weighted by atomic mass is 16.1. The topological polar surface area (TPSA) is 86.2 Å². The van der Waals surface area contributed by atoms with E-state index in [1.807, 2.05) is 0 Å². The van der Waals surface area contributed by atoms with Gasteiger partial charge in [-0.1, -0.05) is 24.3 Å². The Morgan fingerprint density at radius 2 is 1.11 bits per heavy atom. The van der Waals surface area contributed by atoms with Gasteiger partial charge in [0.25, 0.3) is 0 Å². The molecule has 0 radical (unpaired) electrons. The maximum absolute atomic E-state index is 10.6. The SMILES string of the molecule is Nc1cc(C=O)ccc1-c1ccc(C=O)cc1N. The highest BCUT2D eigenvalue weighted by Crippen LogP contribution is 2.31. The van der Waals surface area contributed by atoms with E-state index in [2.05, 4.69) is 0 Å². The van der Waals surface area contributed by atoms with Crippen molar-refractivity contribution in [1.82, 2.24) is 0 Å². The summed E-state index contributed by atoms with van der Waals surface area (Å²) in [5.41, 5.74) is 15.2. The summed E-state index contributed by atoms with van der Waals surface area (Å²) in [4.78, 5) is 21.3. The Bertz CT molecular complexity index is 566. The van der Waals surface area contributed by atoms with Crippen LogP contribution in [0.1, 0.15) is 20.7 Å². The van der Waals surface area contributed by atoms with Crippen LogP contribution in [-0.4, -0.2) is 12.6 Å². The Morgan fingerprint density at radius 3 is 1.39 bits per heavy atom. The first kappa shape index (κ1) is 11.9. The molecule has 0 spiro atoms. The zero-order valence-corrected chi connectivity index (χ0v) is 9.59. The van der Waals surface area contributed by atoms with Crippen molar-refractivity contribution >= 4 is 23.9 Å². The van der Waals surface area contributed by atoms with Crippen molar-refractivity contribution in [2.24, 2.45) is 0 Å². The van der Waals surface area contributed by atoms with Gasteiger partial charge >= 0.3 is 0 Å². The molecule has 2 aromatic rings. The molecule has 2 rings (SSSR count). The predicted molar refractivity (Wildman–Crippen MR) is 71.5 cm³/mol. The lowest BCUT2D eigenvalue weighted by Gasteiger charge is -2.09. The van der Waals surface area contributed by atoms with Crippen LogP contribution in [0.5, 0.6) is 0 Å². The first-order chi connectivity index (χ1) is 8.65. The first-order valence-corrected chi connectivity index (χ1v) is 5.35. The van der Waals surface area contributed by atoms with Gasteiger partial charge in [-0.3, -0.25) is 9.59 Å². The van der Waals surface area contributed by atoms with E-state index in [1.54, 1.807) is 36.4 Å². The normalized spacial score (nSPS) is 10.0. The van der Waals surface area contributed by atoms with Crippen molar-refractivity contribution in [2.75, 3.05) is 11.5 Å². The number of nitrogens with two attached hydrogens (primary N) is 2. The van der Waals surface area contributed by atoms with Gasteiger partial charge in [-0.2, -0.15) is 0 Å². The number of anilines is 2. The van der Waals surface area contributed by atoms with Crippen LogP contribution in [0, 0.1) is 0 Å². The number of carbonyl (C=O) groups is 2. The van der Waals surface area contributed by atoms with Gasteiger partial charge in [0.15, 0.2) is 0 Å². The Morgan fingerprint density at radius 1 is 0.722 bits per heavy atom. The number of hydrogen-bond acceptors (Lipinski definition) is 4. The molecule has 90 valence electrons. The van der Waals surface area contributed by atoms with Crippen LogP contribution < -0.4 is 11.5 Å². The molecule has 0 aromatic heterocycles. The molecule has 0 aliphatic rings. The molecule has 4 heteroatoms. The minimum atomic E-state index is 0.477. The van der Waals surface area contributed by atoms with E-state index in [0.717, 1.165) is 23.7 Å². The third-order valence-electron chi connectivity index (χ3n) is 2.71. The Balaban J connectivity index is 2.55. The molecule has 0 saturated carbocycles. The molecule has 0 aliphatic carbocycles. The monoisotopic (exact) mass is 240 g/mol. The van der Waals surface area contributed by atoms with Crippen LogP contribution in [0.15, 0.2) is 36.4 Å². The van der Waals surface area contributed by atoms with E-state index < -0.39 is 0 Å². The molecule has 0 fully saturated rings. The summed E-state index contributed by atoms with van der Waals surface area (Å²) in [5, 5.41) is 0. The van der Waals surface area contributed by atoms with E-state index in [1.165, 1.54) is 0 Å². The average molecular weight is 240 g/mol.